The summed E-state index contributed by atoms with van der Waals surface area (Å²) >= 11 is 0. The van der Waals surface area contributed by atoms with Crippen LogP contribution in [0.5, 0.6) is 0 Å². The van der Waals surface area contributed by atoms with Gasteiger partial charge in [0.25, 0.3) is 0 Å². The number of hydrogen-bond donors (Lipinski definition) is 4. The van der Waals surface area contributed by atoms with Gasteiger partial charge in [0, 0.05) is 6.54 Å². The van der Waals surface area contributed by atoms with Crippen LogP contribution in [-0.2, 0) is 6.54 Å². The highest BCUT2D eigenvalue weighted by molar-refractivity contribution is 5.62. The molecule has 0 spiro atoms. The Balaban J connectivity index is 2.03. The van der Waals surface area contributed by atoms with E-state index >= 15 is 0 Å². The predicted octanol–water partition coefficient (Wildman–Crippen LogP) is 0.0532. The van der Waals surface area contributed by atoms with E-state index in [1.165, 1.54) is 0 Å². The van der Waals surface area contributed by atoms with Crippen molar-refractivity contribution in [3.8, 4) is 0 Å². The average Bonchev–Trinajstić information content (AvgIpc) is 2.80. The standard InChI is InChI=1S/C12H15N5/c1-2-4-9(5-3-1)6-13-11-10-12(15-7-14-10)17-8-16-11/h1-5,7,12-13,16-17H,6,8H2,(H,14,15)/i7D,8D2,12D/hD3. The molecule has 88 valence electrons. The number of hydrogen-bond acceptors (Lipinski definition) is 5. The molecule has 2 heterocycles. The van der Waals surface area contributed by atoms with Crippen LogP contribution >= 0.6 is 0 Å². The van der Waals surface area contributed by atoms with Crippen LogP contribution in [-0.4, -0.2) is 19.1 Å². The van der Waals surface area contributed by atoms with Crippen molar-refractivity contribution in [1.29, 1.82) is 0 Å². The fourth-order valence-corrected chi connectivity index (χ4v) is 1.54. The van der Waals surface area contributed by atoms with Crippen LogP contribution in [0.1, 0.15) is 11.0 Å². The second-order valence-electron chi connectivity index (χ2n) is 3.51. The quantitative estimate of drug-likeness (QED) is 0.599. The Labute approximate surface area is 110 Å². The lowest BCUT2D eigenvalue weighted by Crippen LogP contribution is -2.50. The fourth-order valence-electron chi connectivity index (χ4n) is 1.54. The summed E-state index contributed by atoms with van der Waals surface area (Å²) in [4.78, 5) is 3.78. The van der Waals surface area contributed by atoms with Gasteiger partial charge in [-0.05, 0) is 5.56 Å². The highest BCUT2D eigenvalue weighted by Gasteiger charge is 2.24. The van der Waals surface area contributed by atoms with Crippen molar-refractivity contribution >= 4 is 6.31 Å². The Morgan fingerprint density at radius 2 is 2.47 bits per heavy atom. The molecule has 1 unspecified atom stereocenters. The van der Waals surface area contributed by atoms with Crippen LogP contribution in [0.4, 0.5) is 0 Å². The van der Waals surface area contributed by atoms with Crippen LogP contribution in [0.15, 0.2) is 46.8 Å². The van der Waals surface area contributed by atoms with Gasteiger partial charge in [0.1, 0.15) is 20.4 Å². The summed E-state index contributed by atoms with van der Waals surface area (Å²) in [6.07, 6.45) is -2.95. The highest BCUT2D eigenvalue weighted by Crippen LogP contribution is 2.12. The number of nitrogens with zero attached hydrogens (tertiary/aromatic N) is 1. The molecule has 0 saturated heterocycles. The molecule has 1 aromatic rings. The smallest absolute Gasteiger partial charge is 0.163 e. The number of amidine groups is 1. The largest absolute Gasteiger partial charge is 0.366 e. The number of nitrogens with one attached hydrogen (secondary N) is 4. The first-order chi connectivity index (χ1) is 11.2. The molecule has 1 atom stereocenters. The summed E-state index contributed by atoms with van der Waals surface area (Å²) in [6.45, 7) is -2.45. The lowest BCUT2D eigenvalue weighted by Gasteiger charge is -2.25. The van der Waals surface area contributed by atoms with Gasteiger partial charge in [-0.15, -0.1) is 0 Å². The zero-order valence-electron chi connectivity index (χ0n) is 15.9. The summed E-state index contributed by atoms with van der Waals surface area (Å²) < 4.78 is 55.4. The zero-order valence-corrected chi connectivity index (χ0v) is 8.88. The van der Waals surface area contributed by atoms with E-state index in [1.807, 2.05) is 30.3 Å². The first-order valence-corrected chi connectivity index (χ1v) is 5.16. The Kier molecular flexibility index (Phi) is 1.34. The van der Waals surface area contributed by atoms with Crippen molar-refractivity contribution in [3.63, 3.8) is 0 Å². The molecule has 5 heteroatoms. The normalized spacial score (nSPS) is 37.9. The molecule has 0 radical (unpaired) electrons. The molecule has 0 bridgehead atoms. The molecule has 17 heavy (non-hydrogen) atoms. The summed E-state index contributed by atoms with van der Waals surface area (Å²) in [5.41, 5.74) is 0.623. The number of benzene rings is 1. The van der Waals surface area contributed by atoms with E-state index in [0.717, 1.165) is 5.56 Å². The monoisotopic (exact) mass is 236 g/mol. The van der Waals surface area contributed by atoms with Gasteiger partial charge in [-0.2, -0.15) is 0 Å². The van der Waals surface area contributed by atoms with E-state index in [1.54, 1.807) is 0 Å². The Morgan fingerprint density at radius 1 is 1.59 bits per heavy atom. The molecule has 0 fully saturated rings. The van der Waals surface area contributed by atoms with Crippen LogP contribution in [0, 0.1) is 0 Å². The van der Waals surface area contributed by atoms with E-state index in [9.17, 15) is 0 Å². The third-order valence-corrected chi connectivity index (χ3v) is 2.37. The number of rotatable bonds is 3. The van der Waals surface area contributed by atoms with Gasteiger partial charge in [0.15, 0.2) is 2.82 Å². The Bertz CT molecular complexity index is 709. The van der Waals surface area contributed by atoms with Gasteiger partial charge in [-0.3, -0.25) is 5.31 Å². The minimum absolute atomic E-state index is 0.147. The van der Waals surface area contributed by atoms with Crippen LogP contribution in [0.3, 0.4) is 0 Å². The van der Waals surface area contributed by atoms with Crippen molar-refractivity contribution in [3.05, 3.63) is 47.4 Å². The molecular formula is C12H15N5. The molecule has 5 nitrogen and oxygen atoms in total. The maximum Gasteiger partial charge on any atom is 0.163 e. The molecule has 2 aliphatic heterocycles. The zero-order chi connectivity index (χ0) is 17.7. The fraction of sp³-hybridized carbons (Fsp3) is 0.250. The summed E-state index contributed by atoms with van der Waals surface area (Å²) in [6, 6.07) is 9.17. The molecule has 0 aliphatic carbocycles. The van der Waals surface area contributed by atoms with E-state index in [-0.39, 0.29) is 23.4 Å². The lowest BCUT2D eigenvalue weighted by molar-refractivity contribution is 0.471. The highest BCUT2D eigenvalue weighted by atomic mass is 15.3. The Hall–Kier alpha value is -2.01. The van der Waals surface area contributed by atoms with Gasteiger partial charge in [-0.1, -0.05) is 30.3 Å². The van der Waals surface area contributed by atoms with Crippen molar-refractivity contribution in [2.24, 2.45) is 4.99 Å². The minimum Gasteiger partial charge on any atom is -0.366 e. The molecule has 0 aromatic heterocycles. The van der Waals surface area contributed by atoms with Crippen molar-refractivity contribution in [1.82, 2.24) is 21.2 Å². The lowest BCUT2D eigenvalue weighted by atomic mass is 10.2. The van der Waals surface area contributed by atoms with Crippen LogP contribution < -0.4 is 21.2 Å². The summed E-state index contributed by atoms with van der Waals surface area (Å²) in [5, 5.41) is 3.74. The molecule has 2 aliphatic rings. The maximum atomic E-state index is 8.33. The van der Waals surface area contributed by atoms with Gasteiger partial charge >= 0.3 is 0 Å². The number of fused-ring (bicyclic) bond motifs is 1. The molecule has 0 amide bonds. The average molecular weight is 236 g/mol. The van der Waals surface area contributed by atoms with Crippen molar-refractivity contribution in [2.45, 2.75) is 12.7 Å². The molecule has 4 N–H and O–H groups in total. The number of aliphatic imine (C=N–C) groups is 1. The van der Waals surface area contributed by atoms with E-state index in [2.05, 4.69) is 10.3 Å². The second-order valence-corrected chi connectivity index (χ2v) is 3.51. The third-order valence-electron chi connectivity index (χ3n) is 2.37. The first-order valence-electron chi connectivity index (χ1n) is 8.50. The SMILES string of the molecule is [2H]C1=NC2=C(NCc3ccccc3)N([2H])C([2H])([2H])N([2H])C2([2H])N1[2H]. The summed E-state index contributed by atoms with van der Waals surface area (Å²) in [7, 11) is 0. The van der Waals surface area contributed by atoms with E-state index in [0.29, 0.717) is 10.6 Å². The van der Waals surface area contributed by atoms with Crippen LogP contribution in [0.25, 0.3) is 0 Å². The van der Waals surface area contributed by atoms with Gasteiger partial charge in [0.2, 0.25) is 0 Å². The summed E-state index contributed by atoms with van der Waals surface area (Å²) in [5.74, 6) is -0.151. The van der Waals surface area contributed by atoms with E-state index < -0.39 is 19.1 Å². The van der Waals surface area contributed by atoms with Crippen molar-refractivity contribution in [2.75, 3.05) is 6.62 Å². The molecule has 3 rings (SSSR count). The van der Waals surface area contributed by atoms with E-state index in [4.69, 9.17) is 9.72 Å². The van der Waals surface area contributed by atoms with Crippen LogP contribution in [0.2, 0.25) is 4.24 Å². The topological polar surface area (TPSA) is 60.5 Å². The second kappa shape index (κ2) is 4.47. The van der Waals surface area contributed by atoms with Gasteiger partial charge in [-0.25, -0.2) is 4.99 Å². The van der Waals surface area contributed by atoms with Gasteiger partial charge < -0.3 is 15.9 Å². The molecular weight excluding hydrogens is 214 g/mol. The minimum atomic E-state index is -2.69. The third kappa shape index (κ3) is 2.09. The Morgan fingerprint density at radius 3 is 3.35 bits per heavy atom. The molecule has 1 aromatic carbocycles. The molecule has 0 saturated carbocycles. The first kappa shape index (κ1) is 5.10. The maximum absolute atomic E-state index is 8.33. The van der Waals surface area contributed by atoms with Gasteiger partial charge in [0.05, 0.1) is 17.0 Å². The van der Waals surface area contributed by atoms with Crippen molar-refractivity contribution < 1.29 is 9.72 Å². The predicted molar refractivity (Wildman–Crippen MR) is 66.9 cm³/mol.